The molecule has 5 nitrogen and oxygen atoms in total. The van der Waals surface area contributed by atoms with E-state index in [9.17, 15) is 4.79 Å². The molecule has 0 radical (unpaired) electrons. The van der Waals surface area contributed by atoms with Crippen LogP contribution in [0.3, 0.4) is 0 Å². The SMILES string of the molecule is COC(=O)C1CCCN1Cc1cn2ccsc2n1. The van der Waals surface area contributed by atoms with Gasteiger partial charge in [-0.1, -0.05) is 0 Å². The molecule has 2 aromatic rings. The highest BCUT2D eigenvalue weighted by atomic mass is 32.1. The van der Waals surface area contributed by atoms with Gasteiger partial charge in [-0.2, -0.15) is 0 Å². The van der Waals surface area contributed by atoms with Crippen molar-refractivity contribution in [3.63, 3.8) is 0 Å². The lowest BCUT2D eigenvalue weighted by molar-refractivity contribution is -0.146. The van der Waals surface area contributed by atoms with E-state index >= 15 is 0 Å². The normalized spacial score (nSPS) is 20.6. The predicted octanol–water partition coefficient (Wildman–Crippen LogP) is 1.53. The average Bonchev–Trinajstić information content (AvgIpc) is 3.03. The third kappa shape index (κ3) is 2.02. The number of hydrogen-bond acceptors (Lipinski definition) is 5. The maximum Gasteiger partial charge on any atom is 0.323 e. The van der Waals surface area contributed by atoms with Crippen LogP contribution in [0.5, 0.6) is 0 Å². The Labute approximate surface area is 109 Å². The van der Waals surface area contributed by atoms with Crippen LogP contribution < -0.4 is 0 Å². The number of thiazole rings is 1. The minimum Gasteiger partial charge on any atom is -0.468 e. The maximum absolute atomic E-state index is 11.6. The highest BCUT2D eigenvalue weighted by Gasteiger charge is 2.31. The van der Waals surface area contributed by atoms with E-state index < -0.39 is 0 Å². The van der Waals surface area contributed by atoms with Crippen LogP contribution in [0.25, 0.3) is 4.96 Å². The molecule has 1 fully saturated rings. The molecule has 0 aromatic carbocycles. The molecule has 0 spiro atoms. The van der Waals surface area contributed by atoms with Crippen LogP contribution in [0.1, 0.15) is 18.5 Å². The first-order valence-corrected chi connectivity index (χ1v) is 6.89. The molecule has 0 amide bonds. The number of esters is 1. The molecule has 2 aromatic heterocycles. The lowest BCUT2D eigenvalue weighted by atomic mass is 10.2. The summed E-state index contributed by atoms with van der Waals surface area (Å²) < 4.78 is 6.86. The zero-order chi connectivity index (χ0) is 12.5. The molecule has 3 heterocycles. The van der Waals surface area contributed by atoms with Crippen molar-refractivity contribution >= 4 is 22.3 Å². The van der Waals surface area contributed by atoms with Gasteiger partial charge in [0.05, 0.1) is 12.8 Å². The lowest BCUT2D eigenvalue weighted by Crippen LogP contribution is -2.36. The molecule has 0 aliphatic carbocycles. The Kier molecular flexibility index (Phi) is 3.05. The fraction of sp³-hybridized carbons (Fsp3) is 0.500. The zero-order valence-corrected chi connectivity index (χ0v) is 11.0. The Morgan fingerprint density at radius 3 is 3.33 bits per heavy atom. The van der Waals surface area contributed by atoms with Crippen molar-refractivity contribution < 1.29 is 9.53 Å². The number of hydrogen-bond donors (Lipinski definition) is 0. The largest absolute Gasteiger partial charge is 0.468 e. The molecule has 1 atom stereocenters. The minimum absolute atomic E-state index is 0.102. The molecular weight excluding hydrogens is 250 g/mol. The number of nitrogens with zero attached hydrogens (tertiary/aromatic N) is 3. The Balaban J connectivity index is 1.75. The van der Waals surface area contributed by atoms with Crippen LogP contribution in [0.4, 0.5) is 0 Å². The molecular formula is C12H15N3O2S. The van der Waals surface area contributed by atoms with E-state index in [1.807, 2.05) is 22.2 Å². The summed E-state index contributed by atoms with van der Waals surface area (Å²) in [5, 5.41) is 2.01. The van der Waals surface area contributed by atoms with E-state index in [-0.39, 0.29) is 12.0 Å². The van der Waals surface area contributed by atoms with Crippen LogP contribution in [0.2, 0.25) is 0 Å². The van der Waals surface area contributed by atoms with Gasteiger partial charge in [-0.05, 0) is 19.4 Å². The Morgan fingerprint density at radius 1 is 1.67 bits per heavy atom. The highest BCUT2D eigenvalue weighted by Crippen LogP contribution is 2.21. The molecule has 96 valence electrons. The second-order valence-corrected chi connectivity index (χ2v) is 5.35. The number of aromatic nitrogens is 2. The average molecular weight is 265 g/mol. The summed E-state index contributed by atoms with van der Waals surface area (Å²) in [6.45, 7) is 1.65. The van der Waals surface area contributed by atoms with Gasteiger partial charge >= 0.3 is 5.97 Å². The van der Waals surface area contributed by atoms with Gasteiger partial charge < -0.3 is 4.74 Å². The Hall–Kier alpha value is -1.40. The van der Waals surface area contributed by atoms with E-state index in [0.29, 0.717) is 6.54 Å². The van der Waals surface area contributed by atoms with Crippen LogP contribution in [-0.4, -0.2) is 40.0 Å². The summed E-state index contributed by atoms with van der Waals surface area (Å²) in [5.41, 5.74) is 1.01. The second-order valence-electron chi connectivity index (χ2n) is 4.48. The maximum atomic E-state index is 11.6. The second kappa shape index (κ2) is 4.70. The molecule has 0 N–H and O–H groups in total. The summed E-state index contributed by atoms with van der Waals surface area (Å²) in [5.74, 6) is -0.131. The molecule has 0 bridgehead atoms. The van der Waals surface area contributed by atoms with Crippen molar-refractivity contribution in [1.82, 2.24) is 14.3 Å². The predicted molar refractivity (Wildman–Crippen MR) is 68.5 cm³/mol. The van der Waals surface area contributed by atoms with E-state index in [1.165, 1.54) is 7.11 Å². The highest BCUT2D eigenvalue weighted by molar-refractivity contribution is 7.15. The summed E-state index contributed by atoms with van der Waals surface area (Å²) >= 11 is 1.62. The van der Waals surface area contributed by atoms with Crippen LogP contribution in [0, 0.1) is 0 Å². The number of likely N-dealkylation sites (tertiary alicyclic amines) is 1. The van der Waals surface area contributed by atoms with Crippen molar-refractivity contribution in [2.75, 3.05) is 13.7 Å². The van der Waals surface area contributed by atoms with Gasteiger partial charge in [-0.15, -0.1) is 11.3 Å². The van der Waals surface area contributed by atoms with Gasteiger partial charge in [0.25, 0.3) is 0 Å². The molecule has 0 saturated carbocycles. The fourth-order valence-electron chi connectivity index (χ4n) is 2.48. The monoisotopic (exact) mass is 265 g/mol. The topological polar surface area (TPSA) is 46.8 Å². The lowest BCUT2D eigenvalue weighted by Gasteiger charge is -2.20. The molecule has 18 heavy (non-hydrogen) atoms. The Bertz CT molecular complexity index is 534. The van der Waals surface area contributed by atoms with Crippen molar-refractivity contribution in [3.8, 4) is 0 Å². The van der Waals surface area contributed by atoms with Crippen molar-refractivity contribution in [1.29, 1.82) is 0 Å². The third-order valence-electron chi connectivity index (χ3n) is 3.35. The van der Waals surface area contributed by atoms with Gasteiger partial charge in [0.2, 0.25) is 0 Å². The summed E-state index contributed by atoms with van der Waals surface area (Å²) in [7, 11) is 1.45. The van der Waals surface area contributed by atoms with E-state index in [1.54, 1.807) is 11.3 Å². The number of carbonyl (C=O) groups excluding carboxylic acids is 1. The van der Waals surface area contributed by atoms with Gasteiger partial charge in [0.15, 0.2) is 4.96 Å². The van der Waals surface area contributed by atoms with Gasteiger partial charge in [-0.3, -0.25) is 14.1 Å². The molecule has 3 rings (SSSR count). The smallest absolute Gasteiger partial charge is 0.323 e. The number of fused-ring (bicyclic) bond motifs is 1. The molecule has 1 saturated heterocycles. The molecule has 1 aliphatic heterocycles. The number of imidazole rings is 1. The summed E-state index contributed by atoms with van der Waals surface area (Å²) in [6.07, 6.45) is 5.95. The number of carbonyl (C=O) groups is 1. The van der Waals surface area contributed by atoms with Crippen LogP contribution >= 0.6 is 11.3 Å². The summed E-state index contributed by atoms with van der Waals surface area (Å²) in [6, 6.07) is -0.102. The van der Waals surface area contributed by atoms with Crippen LogP contribution in [0.15, 0.2) is 17.8 Å². The third-order valence-corrected chi connectivity index (χ3v) is 4.12. The number of methoxy groups -OCH3 is 1. The standard InChI is InChI=1S/C12H15N3O2S/c1-17-11(16)10-3-2-4-14(10)7-9-8-15-5-6-18-12(15)13-9/h5-6,8,10H,2-4,7H2,1H3. The number of ether oxygens (including phenoxy) is 1. The first-order chi connectivity index (χ1) is 8.78. The molecule has 6 heteroatoms. The van der Waals surface area contributed by atoms with E-state index in [4.69, 9.17) is 4.74 Å². The van der Waals surface area contributed by atoms with Crippen molar-refractivity contribution in [2.45, 2.75) is 25.4 Å². The van der Waals surface area contributed by atoms with Crippen molar-refractivity contribution in [2.24, 2.45) is 0 Å². The quantitative estimate of drug-likeness (QED) is 0.790. The first kappa shape index (κ1) is 11.7. The summed E-state index contributed by atoms with van der Waals surface area (Å²) in [4.78, 5) is 19.3. The zero-order valence-electron chi connectivity index (χ0n) is 10.2. The Morgan fingerprint density at radius 2 is 2.56 bits per heavy atom. The van der Waals surface area contributed by atoms with Crippen molar-refractivity contribution in [3.05, 3.63) is 23.5 Å². The first-order valence-electron chi connectivity index (χ1n) is 6.01. The molecule has 1 aliphatic rings. The van der Waals surface area contributed by atoms with E-state index in [0.717, 1.165) is 30.0 Å². The minimum atomic E-state index is -0.131. The number of rotatable bonds is 3. The fourth-order valence-corrected chi connectivity index (χ4v) is 3.20. The van der Waals surface area contributed by atoms with Crippen LogP contribution in [-0.2, 0) is 16.1 Å². The van der Waals surface area contributed by atoms with Gasteiger partial charge in [-0.25, -0.2) is 4.98 Å². The molecule has 1 unspecified atom stereocenters. The van der Waals surface area contributed by atoms with E-state index in [2.05, 4.69) is 9.88 Å². The van der Waals surface area contributed by atoms with Gasteiger partial charge in [0, 0.05) is 24.3 Å². The van der Waals surface area contributed by atoms with Gasteiger partial charge in [0.1, 0.15) is 6.04 Å².